The topological polar surface area (TPSA) is 3.24 Å². The maximum Gasteiger partial charge on any atom is 0.0171 e. The van der Waals surface area contributed by atoms with Crippen molar-refractivity contribution in [1.82, 2.24) is 4.90 Å². The monoisotopic (exact) mass is 443 g/mol. The van der Waals surface area contributed by atoms with Crippen molar-refractivity contribution in [2.75, 3.05) is 13.6 Å². The van der Waals surface area contributed by atoms with E-state index in [9.17, 15) is 0 Å². The molecule has 0 amide bonds. The van der Waals surface area contributed by atoms with Gasteiger partial charge in [-0.3, -0.25) is 0 Å². The first kappa shape index (κ1) is 22.2. The highest BCUT2D eigenvalue weighted by molar-refractivity contribution is 5.95. The summed E-state index contributed by atoms with van der Waals surface area (Å²) >= 11 is 0. The SMILES string of the molecule is C1=Cc2cccc3cccc(c23)C1.C1=Cc2cccc3cccc(c23)C1.C=C1CCCCN1C. The maximum absolute atomic E-state index is 3.92. The lowest BCUT2D eigenvalue weighted by Crippen LogP contribution is -2.22. The van der Waals surface area contributed by atoms with E-state index < -0.39 is 0 Å². The van der Waals surface area contributed by atoms with Gasteiger partial charge in [-0.2, -0.15) is 0 Å². The van der Waals surface area contributed by atoms with Gasteiger partial charge in [-0.05, 0) is 75.9 Å². The second-order valence-electron chi connectivity index (χ2n) is 9.38. The van der Waals surface area contributed by atoms with Crippen LogP contribution in [0.3, 0.4) is 0 Å². The lowest BCUT2D eigenvalue weighted by Gasteiger charge is -2.26. The molecule has 0 N–H and O–H groups in total. The summed E-state index contributed by atoms with van der Waals surface area (Å²) in [5.41, 5.74) is 6.93. The fourth-order valence-corrected chi connectivity index (χ4v) is 5.17. The maximum atomic E-state index is 3.92. The first-order valence-corrected chi connectivity index (χ1v) is 12.4. The summed E-state index contributed by atoms with van der Waals surface area (Å²) in [5, 5.41) is 5.60. The molecular weight excluding hydrogens is 410 g/mol. The van der Waals surface area contributed by atoms with E-state index in [4.69, 9.17) is 0 Å². The van der Waals surface area contributed by atoms with Crippen molar-refractivity contribution in [2.24, 2.45) is 0 Å². The highest BCUT2D eigenvalue weighted by Gasteiger charge is 2.08. The molecule has 0 aromatic heterocycles. The molecule has 0 radical (unpaired) electrons. The van der Waals surface area contributed by atoms with Gasteiger partial charge in [0.1, 0.15) is 0 Å². The fourth-order valence-electron chi connectivity index (χ4n) is 5.17. The zero-order valence-corrected chi connectivity index (χ0v) is 20.1. The van der Waals surface area contributed by atoms with Gasteiger partial charge in [-0.25, -0.2) is 0 Å². The quantitative estimate of drug-likeness (QED) is 0.263. The highest BCUT2D eigenvalue weighted by Crippen LogP contribution is 2.29. The number of benzene rings is 4. The minimum Gasteiger partial charge on any atom is -0.378 e. The second kappa shape index (κ2) is 10.1. The number of nitrogens with zero attached hydrogens (tertiary/aromatic N) is 1. The molecule has 2 aliphatic carbocycles. The molecule has 1 heteroatoms. The third kappa shape index (κ3) is 4.70. The van der Waals surface area contributed by atoms with E-state index in [-0.39, 0.29) is 0 Å². The Balaban J connectivity index is 0.000000110. The lowest BCUT2D eigenvalue weighted by molar-refractivity contribution is 0.347. The molecule has 1 fully saturated rings. The van der Waals surface area contributed by atoms with E-state index in [1.165, 1.54) is 75.3 Å². The van der Waals surface area contributed by atoms with Gasteiger partial charge in [0, 0.05) is 19.3 Å². The van der Waals surface area contributed by atoms with E-state index >= 15 is 0 Å². The molecule has 0 saturated carbocycles. The van der Waals surface area contributed by atoms with Crippen LogP contribution in [0, 0.1) is 0 Å². The van der Waals surface area contributed by atoms with Crippen LogP contribution in [-0.4, -0.2) is 18.5 Å². The Morgan fingerprint density at radius 2 is 1.15 bits per heavy atom. The van der Waals surface area contributed by atoms with Gasteiger partial charge in [-0.15, -0.1) is 0 Å². The van der Waals surface area contributed by atoms with E-state index in [2.05, 4.69) is 116 Å². The number of hydrogen-bond donors (Lipinski definition) is 0. The molecule has 34 heavy (non-hydrogen) atoms. The first-order chi connectivity index (χ1) is 16.7. The van der Waals surface area contributed by atoms with Crippen LogP contribution in [0.25, 0.3) is 33.7 Å². The summed E-state index contributed by atoms with van der Waals surface area (Å²) in [5.74, 6) is 0. The van der Waals surface area contributed by atoms with Crippen molar-refractivity contribution >= 4 is 33.7 Å². The van der Waals surface area contributed by atoms with Gasteiger partial charge in [0.05, 0.1) is 0 Å². The van der Waals surface area contributed by atoms with Gasteiger partial charge in [0.2, 0.25) is 0 Å². The molecule has 1 saturated heterocycles. The van der Waals surface area contributed by atoms with Gasteiger partial charge >= 0.3 is 0 Å². The normalized spacial score (nSPS) is 15.4. The molecular formula is C33H33N. The molecule has 0 atom stereocenters. The van der Waals surface area contributed by atoms with E-state index in [1.807, 2.05) is 0 Å². The van der Waals surface area contributed by atoms with Crippen molar-refractivity contribution in [3.63, 3.8) is 0 Å². The minimum absolute atomic E-state index is 1.08. The predicted molar refractivity (Wildman–Crippen MR) is 149 cm³/mol. The molecule has 170 valence electrons. The zero-order chi connectivity index (χ0) is 23.3. The predicted octanol–water partition coefficient (Wildman–Crippen LogP) is 8.43. The van der Waals surface area contributed by atoms with E-state index in [0.29, 0.717) is 0 Å². The smallest absolute Gasteiger partial charge is 0.0171 e. The van der Waals surface area contributed by atoms with Crippen LogP contribution in [0.4, 0.5) is 0 Å². The Bertz CT molecular complexity index is 1280. The number of piperidine rings is 1. The summed E-state index contributed by atoms with van der Waals surface area (Å²) in [6, 6.07) is 26.1. The summed E-state index contributed by atoms with van der Waals surface area (Å²) in [4.78, 5) is 2.24. The fraction of sp³-hybridized carbons (Fsp3) is 0.212. The van der Waals surface area contributed by atoms with Crippen molar-refractivity contribution in [1.29, 1.82) is 0 Å². The van der Waals surface area contributed by atoms with Crippen LogP contribution in [0.5, 0.6) is 0 Å². The van der Waals surface area contributed by atoms with Crippen molar-refractivity contribution < 1.29 is 0 Å². The number of hydrogen-bond acceptors (Lipinski definition) is 1. The van der Waals surface area contributed by atoms with Gasteiger partial charge < -0.3 is 4.90 Å². The second-order valence-corrected chi connectivity index (χ2v) is 9.38. The Hall–Kier alpha value is -3.58. The molecule has 1 heterocycles. The van der Waals surface area contributed by atoms with Crippen LogP contribution >= 0.6 is 0 Å². The summed E-state index contributed by atoms with van der Waals surface area (Å²) in [6.45, 7) is 5.13. The molecule has 4 aromatic rings. The van der Waals surface area contributed by atoms with E-state index in [0.717, 1.165) is 12.8 Å². The Kier molecular flexibility index (Phi) is 6.62. The van der Waals surface area contributed by atoms with Gasteiger partial charge in [0.25, 0.3) is 0 Å². The van der Waals surface area contributed by atoms with Crippen LogP contribution in [-0.2, 0) is 12.8 Å². The van der Waals surface area contributed by atoms with E-state index in [1.54, 1.807) is 0 Å². The Morgan fingerprint density at radius 3 is 1.59 bits per heavy atom. The minimum atomic E-state index is 1.08. The molecule has 7 rings (SSSR count). The van der Waals surface area contributed by atoms with Crippen molar-refractivity contribution in [3.8, 4) is 0 Å². The third-order valence-electron chi connectivity index (χ3n) is 7.07. The molecule has 3 aliphatic rings. The first-order valence-electron chi connectivity index (χ1n) is 12.4. The van der Waals surface area contributed by atoms with Crippen molar-refractivity contribution in [3.05, 3.63) is 119 Å². The Morgan fingerprint density at radius 1 is 0.647 bits per heavy atom. The molecule has 0 spiro atoms. The average molecular weight is 444 g/mol. The largest absolute Gasteiger partial charge is 0.378 e. The van der Waals surface area contributed by atoms with Crippen LogP contribution < -0.4 is 0 Å². The molecule has 1 nitrogen and oxygen atoms in total. The lowest BCUT2D eigenvalue weighted by atomic mass is 9.93. The van der Waals surface area contributed by atoms with Gasteiger partial charge in [-0.1, -0.05) is 104 Å². The summed E-state index contributed by atoms with van der Waals surface area (Å²) in [6.07, 6.45) is 14.9. The molecule has 0 unspecified atom stereocenters. The third-order valence-corrected chi connectivity index (χ3v) is 7.07. The number of rotatable bonds is 0. The van der Waals surface area contributed by atoms with Crippen molar-refractivity contribution in [2.45, 2.75) is 32.1 Å². The van der Waals surface area contributed by atoms with Crippen LogP contribution in [0.15, 0.2) is 97.2 Å². The van der Waals surface area contributed by atoms with Gasteiger partial charge in [0.15, 0.2) is 0 Å². The number of allylic oxidation sites excluding steroid dienone is 3. The molecule has 4 aromatic carbocycles. The summed E-state index contributed by atoms with van der Waals surface area (Å²) in [7, 11) is 2.11. The molecule has 0 bridgehead atoms. The van der Waals surface area contributed by atoms with Crippen LogP contribution in [0.1, 0.15) is 41.5 Å². The molecule has 1 aliphatic heterocycles. The zero-order valence-electron chi connectivity index (χ0n) is 20.1. The Labute approximate surface area is 203 Å². The average Bonchev–Trinajstić information content (AvgIpc) is 2.88. The summed E-state index contributed by atoms with van der Waals surface area (Å²) < 4.78 is 0. The number of likely N-dealkylation sites (tertiary alicyclic amines) is 1. The van der Waals surface area contributed by atoms with Crippen LogP contribution in [0.2, 0.25) is 0 Å². The highest BCUT2D eigenvalue weighted by atomic mass is 15.1. The standard InChI is InChI=1S/2C13H10.C7H13N/c2*1-4-10-6-2-8-12-9-3-7-11(5-1)13(10)12;1-7-5-3-4-6-8(7)2/h2*1-8H,9H2;1,3-6H2,2H3.